The van der Waals surface area contributed by atoms with Crippen LogP contribution >= 0.6 is 27.7 Å². The number of benzene rings is 1. The number of rotatable bonds is 1. The van der Waals surface area contributed by atoms with Crippen LogP contribution in [0.15, 0.2) is 29.2 Å². The van der Waals surface area contributed by atoms with Crippen LogP contribution in [0.3, 0.4) is 0 Å². The first-order valence-electron chi connectivity index (χ1n) is 4.13. The molecule has 5 heteroatoms. The van der Waals surface area contributed by atoms with Crippen LogP contribution in [0.2, 0.25) is 0 Å². The zero-order chi connectivity index (χ0) is 10.1. The molecule has 1 aliphatic rings. The predicted molar refractivity (Wildman–Crippen MR) is 61.6 cm³/mol. The second kappa shape index (κ2) is 3.92. The van der Waals surface area contributed by atoms with Crippen molar-refractivity contribution in [3.63, 3.8) is 0 Å². The average Bonchev–Trinajstić information content (AvgIpc) is 2.53. The Morgan fingerprint density at radius 1 is 1.57 bits per heavy atom. The fourth-order valence-corrected chi connectivity index (χ4v) is 2.73. The summed E-state index contributed by atoms with van der Waals surface area (Å²) in [7, 11) is 0. The summed E-state index contributed by atoms with van der Waals surface area (Å²) in [4.78, 5) is 14.3. The Morgan fingerprint density at radius 2 is 2.29 bits per heavy atom. The average molecular weight is 273 g/mol. The molecule has 74 valence electrons. The van der Waals surface area contributed by atoms with Gasteiger partial charge in [-0.2, -0.15) is 0 Å². The molecule has 1 amide bonds. The van der Waals surface area contributed by atoms with E-state index in [9.17, 15) is 4.79 Å². The highest BCUT2D eigenvalue weighted by atomic mass is 79.9. The van der Waals surface area contributed by atoms with E-state index in [2.05, 4.69) is 15.9 Å². The van der Waals surface area contributed by atoms with Gasteiger partial charge in [-0.05, 0) is 12.1 Å². The molecule has 0 aromatic heterocycles. The van der Waals surface area contributed by atoms with E-state index >= 15 is 0 Å². The van der Waals surface area contributed by atoms with Gasteiger partial charge in [-0.3, -0.25) is 9.69 Å². The molecule has 0 bridgehead atoms. The molecule has 0 fully saturated rings. The highest BCUT2D eigenvalue weighted by molar-refractivity contribution is 9.09. The Balaban J connectivity index is 2.39. The molecule has 0 radical (unpaired) electrons. The Kier molecular flexibility index (Phi) is 2.80. The number of nitrogens with zero attached hydrogens (tertiary/aromatic N) is 1. The lowest BCUT2D eigenvalue weighted by atomic mass is 10.3. The lowest BCUT2D eigenvalue weighted by molar-refractivity contribution is -0.116. The standard InChI is InChI=1S/C9H9BrN2OS/c10-5-8(13)12-6-3-1-2-4-7(6)14-9(12)11/h1-4,9H,5,11H2. The van der Waals surface area contributed by atoms with Gasteiger partial charge in [0.2, 0.25) is 5.91 Å². The van der Waals surface area contributed by atoms with Gasteiger partial charge in [0.25, 0.3) is 0 Å². The number of amides is 1. The van der Waals surface area contributed by atoms with Crippen molar-refractivity contribution in [1.29, 1.82) is 0 Å². The highest BCUT2D eigenvalue weighted by Crippen LogP contribution is 2.41. The third kappa shape index (κ3) is 1.55. The molecule has 0 saturated carbocycles. The quantitative estimate of drug-likeness (QED) is 0.793. The van der Waals surface area contributed by atoms with Gasteiger partial charge in [0, 0.05) is 4.90 Å². The zero-order valence-corrected chi connectivity index (χ0v) is 9.72. The molecule has 1 aliphatic heterocycles. The van der Waals surface area contributed by atoms with Gasteiger partial charge in [-0.1, -0.05) is 39.8 Å². The topological polar surface area (TPSA) is 46.3 Å². The van der Waals surface area contributed by atoms with Gasteiger partial charge < -0.3 is 5.73 Å². The van der Waals surface area contributed by atoms with E-state index < -0.39 is 0 Å². The molecular formula is C9H9BrN2OS. The first-order chi connectivity index (χ1) is 6.74. The van der Waals surface area contributed by atoms with Gasteiger partial charge in [0.1, 0.15) is 5.50 Å². The fourth-order valence-electron chi connectivity index (χ4n) is 1.42. The summed E-state index contributed by atoms with van der Waals surface area (Å²) in [6, 6.07) is 7.74. The third-order valence-corrected chi connectivity index (χ3v) is 3.54. The third-order valence-electron chi connectivity index (χ3n) is 2.01. The van der Waals surface area contributed by atoms with Crippen LogP contribution in [-0.2, 0) is 4.79 Å². The normalized spacial score (nSPS) is 19.6. The van der Waals surface area contributed by atoms with E-state index in [0.29, 0.717) is 5.33 Å². The van der Waals surface area contributed by atoms with Gasteiger partial charge in [0.15, 0.2) is 0 Å². The summed E-state index contributed by atoms with van der Waals surface area (Å²) >= 11 is 4.65. The number of carbonyl (C=O) groups is 1. The first kappa shape index (κ1) is 10.0. The highest BCUT2D eigenvalue weighted by Gasteiger charge is 2.30. The van der Waals surface area contributed by atoms with Crippen molar-refractivity contribution in [2.24, 2.45) is 5.73 Å². The van der Waals surface area contributed by atoms with Crippen LogP contribution in [0, 0.1) is 0 Å². The summed E-state index contributed by atoms with van der Waals surface area (Å²) in [5.74, 6) is -0.00468. The SMILES string of the molecule is NC1Sc2ccccc2N1C(=O)CBr. The van der Waals surface area contributed by atoms with Crippen LogP contribution in [0.1, 0.15) is 0 Å². The van der Waals surface area contributed by atoms with Crippen LogP contribution in [0.5, 0.6) is 0 Å². The molecule has 1 aromatic rings. The van der Waals surface area contributed by atoms with E-state index in [0.717, 1.165) is 10.6 Å². The molecule has 3 nitrogen and oxygen atoms in total. The van der Waals surface area contributed by atoms with Crippen molar-refractivity contribution < 1.29 is 4.79 Å². The van der Waals surface area contributed by atoms with Crippen molar-refractivity contribution in [2.75, 3.05) is 10.2 Å². The minimum Gasteiger partial charge on any atom is -0.302 e. The molecule has 1 atom stereocenters. The van der Waals surface area contributed by atoms with E-state index in [1.54, 1.807) is 4.90 Å². The van der Waals surface area contributed by atoms with Crippen LogP contribution in [-0.4, -0.2) is 16.7 Å². The van der Waals surface area contributed by atoms with Crippen molar-refractivity contribution in [2.45, 2.75) is 10.4 Å². The zero-order valence-electron chi connectivity index (χ0n) is 7.31. The van der Waals surface area contributed by atoms with E-state index in [1.165, 1.54) is 11.8 Å². The van der Waals surface area contributed by atoms with E-state index in [4.69, 9.17) is 5.73 Å². The molecule has 1 aromatic carbocycles. The Bertz CT molecular complexity index is 372. The Hall–Kier alpha value is -0.520. The number of fused-ring (bicyclic) bond motifs is 1. The number of halogens is 1. The van der Waals surface area contributed by atoms with Gasteiger partial charge in [-0.15, -0.1) is 0 Å². The lowest BCUT2D eigenvalue weighted by Gasteiger charge is -2.19. The molecule has 2 N–H and O–H groups in total. The Morgan fingerprint density at radius 3 is 3.00 bits per heavy atom. The maximum atomic E-state index is 11.6. The first-order valence-corrected chi connectivity index (χ1v) is 6.13. The summed E-state index contributed by atoms with van der Waals surface area (Å²) in [5, 5.41) is 0.301. The number of hydrogen-bond donors (Lipinski definition) is 1. The summed E-state index contributed by atoms with van der Waals surface area (Å²) in [6.45, 7) is 0. The van der Waals surface area contributed by atoms with Crippen molar-refractivity contribution >= 4 is 39.3 Å². The van der Waals surface area contributed by atoms with Crippen LogP contribution in [0.25, 0.3) is 0 Å². The monoisotopic (exact) mass is 272 g/mol. The van der Waals surface area contributed by atoms with Gasteiger partial charge >= 0.3 is 0 Å². The molecule has 2 rings (SSSR count). The molecule has 0 aliphatic carbocycles. The molecule has 14 heavy (non-hydrogen) atoms. The number of para-hydroxylation sites is 1. The lowest BCUT2D eigenvalue weighted by Crippen LogP contribution is -2.41. The number of alkyl halides is 1. The predicted octanol–water partition coefficient (Wildman–Crippen LogP) is 1.76. The Labute approximate surface area is 94.8 Å². The molecule has 0 saturated heterocycles. The van der Waals surface area contributed by atoms with Crippen molar-refractivity contribution in [3.8, 4) is 0 Å². The number of nitrogens with two attached hydrogens (primary N) is 1. The van der Waals surface area contributed by atoms with E-state index in [-0.39, 0.29) is 11.4 Å². The van der Waals surface area contributed by atoms with Gasteiger partial charge in [0.05, 0.1) is 11.0 Å². The van der Waals surface area contributed by atoms with Crippen LogP contribution < -0.4 is 10.6 Å². The maximum absolute atomic E-state index is 11.6. The second-order valence-electron chi connectivity index (χ2n) is 2.87. The maximum Gasteiger partial charge on any atom is 0.239 e. The number of thioether (sulfide) groups is 1. The minimum atomic E-state index is -0.294. The summed E-state index contributed by atoms with van der Waals surface area (Å²) in [5.41, 5.74) is 6.47. The molecule has 0 spiro atoms. The van der Waals surface area contributed by atoms with Gasteiger partial charge in [-0.25, -0.2) is 0 Å². The largest absolute Gasteiger partial charge is 0.302 e. The van der Waals surface area contributed by atoms with Crippen LogP contribution in [0.4, 0.5) is 5.69 Å². The number of hydrogen-bond acceptors (Lipinski definition) is 3. The fraction of sp³-hybridized carbons (Fsp3) is 0.222. The molecule has 1 unspecified atom stereocenters. The smallest absolute Gasteiger partial charge is 0.239 e. The van der Waals surface area contributed by atoms with E-state index in [1.807, 2.05) is 24.3 Å². The second-order valence-corrected chi connectivity index (χ2v) is 4.59. The number of anilines is 1. The molecular weight excluding hydrogens is 264 g/mol. The number of carbonyl (C=O) groups excluding carboxylic acids is 1. The summed E-state index contributed by atoms with van der Waals surface area (Å²) < 4.78 is 0. The molecule has 1 heterocycles. The van der Waals surface area contributed by atoms with Crippen molar-refractivity contribution in [1.82, 2.24) is 0 Å². The van der Waals surface area contributed by atoms with Crippen molar-refractivity contribution in [3.05, 3.63) is 24.3 Å². The summed E-state index contributed by atoms with van der Waals surface area (Å²) in [6.07, 6.45) is 0. The minimum absolute atomic E-state index is 0.00468.